The van der Waals surface area contributed by atoms with E-state index in [-0.39, 0.29) is 17.4 Å². The van der Waals surface area contributed by atoms with E-state index in [0.717, 1.165) is 12.8 Å². The van der Waals surface area contributed by atoms with Crippen LogP contribution in [-0.4, -0.2) is 22.7 Å². The number of benzene rings is 1. The van der Waals surface area contributed by atoms with Crippen molar-refractivity contribution in [3.05, 3.63) is 23.8 Å². The maximum absolute atomic E-state index is 12.0. The third-order valence-corrected chi connectivity index (χ3v) is 5.48. The SMILES string of the molecule is CCCCCCCCCCCCCCCCCCNC(=O)c1cc(O)cc(O)c1. The lowest BCUT2D eigenvalue weighted by molar-refractivity contribution is 0.0952. The Balaban J connectivity index is 1.84. The van der Waals surface area contributed by atoms with Gasteiger partial charge in [-0.1, -0.05) is 103 Å². The van der Waals surface area contributed by atoms with Crippen molar-refractivity contribution in [1.82, 2.24) is 5.32 Å². The molecule has 0 fully saturated rings. The highest BCUT2D eigenvalue weighted by atomic mass is 16.3. The largest absolute Gasteiger partial charge is 0.508 e. The smallest absolute Gasteiger partial charge is 0.251 e. The molecule has 1 rings (SSSR count). The average molecular weight is 406 g/mol. The number of carbonyl (C=O) groups excluding carboxylic acids is 1. The van der Waals surface area contributed by atoms with Gasteiger partial charge >= 0.3 is 0 Å². The van der Waals surface area contributed by atoms with Gasteiger partial charge < -0.3 is 15.5 Å². The molecular formula is C25H43NO3. The zero-order chi connectivity index (χ0) is 21.2. The number of hydrogen-bond donors (Lipinski definition) is 3. The number of rotatable bonds is 18. The van der Waals surface area contributed by atoms with Crippen LogP contribution in [0.4, 0.5) is 0 Å². The minimum Gasteiger partial charge on any atom is -0.508 e. The van der Waals surface area contributed by atoms with Crippen LogP contribution in [0.2, 0.25) is 0 Å². The summed E-state index contributed by atoms with van der Waals surface area (Å²) in [6, 6.07) is 3.94. The molecule has 0 aliphatic rings. The first-order chi connectivity index (χ1) is 14.1. The summed E-state index contributed by atoms with van der Waals surface area (Å²) >= 11 is 0. The molecule has 29 heavy (non-hydrogen) atoms. The first-order valence-electron chi connectivity index (χ1n) is 11.9. The van der Waals surface area contributed by atoms with Crippen molar-refractivity contribution in [3.8, 4) is 11.5 Å². The Labute approximate surface area is 178 Å². The highest BCUT2D eigenvalue weighted by molar-refractivity contribution is 5.95. The number of carbonyl (C=O) groups is 1. The molecule has 0 saturated carbocycles. The summed E-state index contributed by atoms with van der Waals surface area (Å²) < 4.78 is 0. The van der Waals surface area contributed by atoms with Crippen LogP contribution >= 0.6 is 0 Å². The van der Waals surface area contributed by atoms with E-state index in [0.29, 0.717) is 12.1 Å². The van der Waals surface area contributed by atoms with Crippen molar-refractivity contribution in [1.29, 1.82) is 0 Å². The van der Waals surface area contributed by atoms with Crippen LogP contribution in [0.5, 0.6) is 11.5 Å². The van der Waals surface area contributed by atoms with Crippen molar-refractivity contribution in [2.45, 2.75) is 110 Å². The van der Waals surface area contributed by atoms with Gasteiger partial charge in [-0.05, 0) is 18.6 Å². The third-order valence-electron chi connectivity index (χ3n) is 5.48. The number of nitrogens with one attached hydrogen (secondary N) is 1. The number of aromatic hydroxyl groups is 2. The van der Waals surface area contributed by atoms with Crippen LogP contribution in [0.15, 0.2) is 18.2 Å². The van der Waals surface area contributed by atoms with Crippen molar-refractivity contribution < 1.29 is 15.0 Å². The van der Waals surface area contributed by atoms with Crippen LogP contribution in [0.3, 0.4) is 0 Å². The topological polar surface area (TPSA) is 69.6 Å². The summed E-state index contributed by atoms with van der Waals surface area (Å²) in [7, 11) is 0. The monoisotopic (exact) mass is 405 g/mol. The van der Waals surface area contributed by atoms with E-state index in [1.54, 1.807) is 0 Å². The van der Waals surface area contributed by atoms with E-state index >= 15 is 0 Å². The van der Waals surface area contributed by atoms with Crippen LogP contribution in [-0.2, 0) is 0 Å². The number of amides is 1. The van der Waals surface area contributed by atoms with Gasteiger partial charge in [0.2, 0.25) is 0 Å². The fourth-order valence-electron chi connectivity index (χ4n) is 3.70. The summed E-state index contributed by atoms with van der Waals surface area (Å²) in [4.78, 5) is 12.0. The lowest BCUT2D eigenvalue weighted by Gasteiger charge is -2.06. The van der Waals surface area contributed by atoms with Gasteiger partial charge in [0.1, 0.15) is 11.5 Å². The summed E-state index contributed by atoms with van der Waals surface area (Å²) in [5.41, 5.74) is 0.291. The van der Waals surface area contributed by atoms with E-state index in [1.165, 1.54) is 108 Å². The van der Waals surface area contributed by atoms with E-state index in [1.807, 2.05) is 0 Å². The Morgan fingerprint density at radius 2 is 1.03 bits per heavy atom. The van der Waals surface area contributed by atoms with E-state index < -0.39 is 0 Å². The highest BCUT2D eigenvalue weighted by Crippen LogP contribution is 2.20. The van der Waals surface area contributed by atoms with Crippen LogP contribution in [0.25, 0.3) is 0 Å². The minimum absolute atomic E-state index is 0.0995. The van der Waals surface area contributed by atoms with Crippen molar-refractivity contribution in [2.24, 2.45) is 0 Å². The Kier molecular flexibility index (Phi) is 15.0. The van der Waals surface area contributed by atoms with Gasteiger partial charge in [-0.2, -0.15) is 0 Å². The number of phenolic OH excluding ortho intramolecular Hbond substituents is 2. The van der Waals surface area contributed by atoms with Gasteiger partial charge in [0, 0.05) is 18.2 Å². The number of unbranched alkanes of at least 4 members (excludes halogenated alkanes) is 15. The fraction of sp³-hybridized carbons (Fsp3) is 0.720. The summed E-state index contributed by atoms with van der Waals surface area (Å²) in [5.74, 6) is -0.452. The summed E-state index contributed by atoms with van der Waals surface area (Å²) in [6.45, 7) is 2.90. The van der Waals surface area contributed by atoms with E-state index in [2.05, 4.69) is 12.2 Å². The molecule has 0 radical (unpaired) electrons. The molecule has 0 unspecified atom stereocenters. The van der Waals surface area contributed by atoms with E-state index in [9.17, 15) is 15.0 Å². The second-order valence-corrected chi connectivity index (χ2v) is 8.30. The second kappa shape index (κ2) is 17.2. The highest BCUT2D eigenvalue weighted by Gasteiger charge is 2.07. The molecular weight excluding hydrogens is 362 g/mol. The molecule has 1 aromatic carbocycles. The van der Waals surface area contributed by atoms with Crippen molar-refractivity contribution in [2.75, 3.05) is 6.54 Å². The van der Waals surface area contributed by atoms with Gasteiger partial charge in [-0.15, -0.1) is 0 Å². The zero-order valence-electron chi connectivity index (χ0n) is 18.6. The number of phenols is 2. The molecule has 3 N–H and O–H groups in total. The molecule has 0 atom stereocenters. The standard InChI is InChI=1S/C25H43NO3/c1-2-3-4-5-6-7-8-9-10-11-12-13-14-15-16-17-18-26-25(29)22-19-23(27)21-24(28)20-22/h19-21,27-28H,2-18H2,1H3,(H,26,29). The molecule has 0 aromatic heterocycles. The first kappa shape index (κ1) is 25.3. The van der Waals surface area contributed by atoms with Gasteiger partial charge in [-0.25, -0.2) is 0 Å². The molecule has 0 bridgehead atoms. The van der Waals surface area contributed by atoms with Crippen LogP contribution in [0, 0.1) is 0 Å². The van der Waals surface area contributed by atoms with Gasteiger partial charge in [0.05, 0.1) is 0 Å². The minimum atomic E-state index is -0.253. The lowest BCUT2D eigenvalue weighted by Crippen LogP contribution is -2.24. The van der Waals surface area contributed by atoms with Gasteiger partial charge in [0.15, 0.2) is 0 Å². The first-order valence-corrected chi connectivity index (χ1v) is 11.9. The Morgan fingerprint density at radius 1 is 0.655 bits per heavy atom. The quantitative estimate of drug-likeness (QED) is 0.228. The maximum Gasteiger partial charge on any atom is 0.251 e. The summed E-state index contributed by atoms with van der Waals surface area (Å²) in [6.07, 6.45) is 21.3. The second-order valence-electron chi connectivity index (χ2n) is 8.30. The Bertz CT molecular complexity index is 525. The molecule has 1 aromatic rings. The number of hydrogen-bond acceptors (Lipinski definition) is 3. The maximum atomic E-state index is 12.0. The molecule has 0 aliphatic carbocycles. The molecule has 0 heterocycles. The van der Waals surface area contributed by atoms with Crippen LogP contribution < -0.4 is 5.32 Å². The molecule has 4 nitrogen and oxygen atoms in total. The molecule has 0 spiro atoms. The predicted octanol–water partition coefficient (Wildman–Crippen LogP) is 7.09. The molecule has 0 saturated heterocycles. The van der Waals surface area contributed by atoms with Crippen molar-refractivity contribution >= 4 is 5.91 Å². The van der Waals surface area contributed by atoms with E-state index in [4.69, 9.17) is 0 Å². The fourth-order valence-corrected chi connectivity index (χ4v) is 3.70. The van der Waals surface area contributed by atoms with Gasteiger partial charge in [-0.3, -0.25) is 4.79 Å². The van der Waals surface area contributed by atoms with Crippen LogP contribution in [0.1, 0.15) is 120 Å². The summed E-state index contributed by atoms with van der Waals surface area (Å²) in [5, 5.41) is 21.7. The zero-order valence-corrected chi connectivity index (χ0v) is 18.6. The molecule has 1 amide bonds. The Hall–Kier alpha value is -1.71. The molecule has 0 aliphatic heterocycles. The normalized spacial score (nSPS) is 10.9. The van der Waals surface area contributed by atoms with Gasteiger partial charge in [0.25, 0.3) is 5.91 Å². The lowest BCUT2D eigenvalue weighted by atomic mass is 10.0. The average Bonchev–Trinajstić information content (AvgIpc) is 2.69. The molecule has 4 heteroatoms. The van der Waals surface area contributed by atoms with Crippen molar-refractivity contribution in [3.63, 3.8) is 0 Å². The third kappa shape index (κ3) is 14.0. The Morgan fingerprint density at radius 3 is 1.45 bits per heavy atom. The molecule has 166 valence electrons. The predicted molar refractivity (Wildman–Crippen MR) is 122 cm³/mol.